The average molecular weight is 492 g/mol. The number of ether oxygens (including phenoxy) is 1. The third kappa shape index (κ3) is 3.81. The van der Waals surface area contributed by atoms with E-state index in [1.807, 2.05) is 25.1 Å². The standard InChI is InChI=1S/C25H18ClN3O4S/c1-2-33-17-7-8-18-19(13-17)34-25(28-18)29-21(14-3-5-16(26)6-4-14)20(23(31)24(29)32)22(30)15-9-11-27-12-10-15/h3-13,21,30H,2H2,1H3/b22-20+. The molecule has 0 aliphatic carbocycles. The number of aliphatic hydroxyl groups excluding tert-OH is 1. The van der Waals surface area contributed by atoms with Gasteiger partial charge in [-0.15, -0.1) is 0 Å². The Morgan fingerprint density at radius 3 is 2.56 bits per heavy atom. The number of carbonyl (C=O) groups excluding carboxylic acids is 2. The van der Waals surface area contributed by atoms with Crippen LogP contribution >= 0.6 is 22.9 Å². The van der Waals surface area contributed by atoms with Gasteiger partial charge in [0.05, 0.1) is 28.4 Å². The van der Waals surface area contributed by atoms with Crippen molar-refractivity contribution in [2.75, 3.05) is 11.5 Å². The quantitative estimate of drug-likeness (QED) is 0.229. The Morgan fingerprint density at radius 1 is 1.12 bits per heavy atom. The maximum absolute atomic E-state index is 13.3. The van der Waals surface area contributed by atoms with Crippen LogP contribution in [0, 0.1) is 0 Å². The van der Waals surface area contributed by atoms with Gasteiger partial charge < -0.3 is 9.84 Å². The van der Waals surface area contributed by atoms with Crippen LogP contribution in [0.2, 0.25) is 5.02 Å². The van der Waals surface area contributed by atoms with Crippen LogP contribution in [0.5, 0.6) is 5.75 Å². The van der Waals surface area contributed by atoms with Crippen molar-refractivity contribution in [3.8, 4) is 5.75 Å². The van der Waals surface area contributed by atoms with E-state index < -0.39 is 17.7 Å². The molecule has 1 unspecified atom stereocenters. The Labute approximate surface area is 203 Å². The van der Waals surface area contributed by atoms with Crippen LogP contribution in [-0.2, 0) is 9.59 Å². The molecule has 1 N–H and O–H groups in total. The predicted molar refractivity (Wildman–Crippen MR) is 131 cm³/mol. The SMILES string of the molecule is CCOc1ccc2nc(N3C(=O)C(=O)/C(=C(/O)c4ccncc4)C3c3ccc(Cl)cc3)sc2c1. The van der Waals surface area contributed by atoms with E-state index in [9.17, 15) is 14.7 Å². The first-order valence-corrected chi connectivity index (χ1v) is 11.7. The molecule has 3 heterocycles. The van der Waals surface area contributed by atoms with Gasteiger partial charge in [-0.3, -0.25) is 19.5 Å². The van der Waals surface area contributed by atoms with E-state index in [1.165, 1.54) is 28.6 Å². The second-order valence-corrected chi connectivity index (χ2v) is 8.96. The molecule has 0 radical (unpaired) electrons. The number of carbonyl (C=O) groups is 2. The van der Waals surface area contributed by atoms with Gasteiger partial charge in [-0.05, 0) is 55.0 Å². The summed E-state index contributed by atoms with van der Waals surface area (Å²) in [4.78, 5) is 36.4. The summed E-state index contributed by atoms with van der Waals surface area (Å²) in [6.45, 7) is 2.42. The molecule has 0 bridgehead atoms. The van der Waals surface area contributed by atoms with Crippen LogP contribution < -0.4 is 9.64 Å². The van der Waals surface area contributed by atoms with E-state index in [0.29, 0.717) is 39.2 Å². The summed E-state index contributed by atoms with van der Waals surface area (Å²) in [5.41, 5.74) is 1.66. The topological polar surface area (TPSA) is 92.6 Å². The van der Waals surface area contributed by atoms with Crippen LogP contribution in [-0.4, -0.2) is 33.4 Å². The molecule has 7 nitrogen and oxygen atoms in total. The molecule has 1 aliphatic rings. The molecule has 34 heavy (non-hydrogen) atoms. The van der Waals surface area contributed by atoms with Crippen molar-refractivity contribution >= 4 is 55.7 Å². The van der Waals surface area contributed by atoms with Crippen molar-refractivity contribution < 1.29 is 19.4 Å². The molecule has 1 fully saturated rings. The molecule has 0 saturated carbocycles. The number of aromatic nitrogens is 2. The number of anilines is 1. The number of benzene rings is 2. The highest BCUT2D eigenvalue weighted by molar-refractivity contribution is 7.22. The van der Waals surface area contributed by atoms with Gasteiger partial charge in [-0.25, -0.2) is 4.98 Å². The molecule has 170 valence electrons. The van der Waals surface area contributed by atoms with E-state index in [2.05, 4.69) is 9.97 Å². The fraction of sp³-hybridized carbons (Fsp3) is 0.120. The number of rotatable bonds is 5. The largest absolute Gasteiger partial charge is 0.507 e. The number of hydrogen-bond donors (Lipinski definition) is 1. The zero-order chi connectivity index (χ0) is 23.8. The molecular formula is C25H18ClN3O4S. The number of hydrogen-bond acceptors (Lipinski definition) is 7. The number of Topliss-reactive ketones (excluding diaryl/α,β-unsaturated/α-hetero) is 1. The third-order valence-corrected chi connectivity index (χ3v) is 6.72. The molecule has 1 amide bonds. The van der Waals surface area contributed by atoms with Gasteiger partial charge in [0.15, 0.2) is 5.13 Å². The van der Waals surface area contributed by atoms with E-state index in [0.717, 1.165) is 4.70 Å². The molecule has 2 aromatic carbocycles. The minimum Gasteiger partial charge on any atom is -0.507 e. The number of pyridine rings is 1. The van der Waals surface area contributed by atoms with Crippen molar-refractivity contribution in [1.29, 1.82) is 0 Å². The molecule has 2 aromatic heterocycles. The average Bonchev–Trinajstić information content (AvgIpc) is 3.38. The molecule has 5 rings (SSSR count). The van der Waals surface area contributed by atoms with Crippen LogP contribution in [0.3, 0.4) is 0 Å². The van der Waals surface area contributed by atoms with Gasteiger partial charge in [-0.1, -0.05) is 35.1 Å². The summed E-state index contributed by atoms with van der Waals surface area (Å²) in [7, 11) is 0. The fourth-order valence-electron chi connectivity index (χ4n) is 3.91. The second kappa shape index (κ2) is 8.89. The smallest absolute Gasteiger partial charge is 0.301 e. The van der Waals surface area contributed by atoms with Gasteiger partial charge in [0.1, 0.15) is 11.5 Å². The monoisotopic (exact) mass is 491 g/mol. The van der Waals surface area contributed by atoms with E-state index in [-0.39, 0.29) is 11.3 Å². The van der Waals surface area contributed by atoms with Gasteiger partial charge in [-0.2, -0.15) is 0 Å². The first kappa shape index (κ1) is 22.1. The van der Waals surface area contributed by atoms with Crippen LogP contribution in [0.1, 0.15) is 24.1 Å². The fourth-order valence-corrected chi connectivity index (χ4v) is 5.05. The van der Waals surface area contributed by atoms with Gasteiger partial charge in [0.25, 0.3) is 5.78 Å². The number of fused-ring (bicyclic) bond motifs is 1. The van der Waals surface area contributed by atoms with Crippen LogP contribution in [0.25, 0.3) is 16.0 Å². The summed E-state index contributed by atoms with van der Waals surface area (Å²) >= 11 is 7.35. The van der Waals surface area contributed by atoms with Crippen LogP contribution in [0.15, 0.2) is 72.6 Å². The molecule has 4 aromatic rings. The summed E-state index contributed by atoms with van der Waals surface area (Å²) in [6, 6.07) is 14.6. The molecular weight excluding hydrogens is 474 g/mol. The minimum atomic E-state index is -0.877. The Balaban J connectivity index is 1.69. The van der Waals surface area contributed by atoms with Crippen molar-refractivity contribution in [2.45, 2.75) is 13.0 Å². The summed E-state index contributed by atoms with van der Waals surface area (Å²) in [5, 5.41) is 11.9. The normalized spacial score (nSPS) is 17.5. The van der Waals surface area contributed by atoms with Gasteiger partial charge in [0, 0.05) is 23.0 Å². The number of halogens is 1. The van der Waals surface area contributed by atoms with Crippen LogP contribution in [0.4, 0.5) is 5.13 Å². The molecule has 9 heteroatoms. The second-order valence-electron chi connectivity index (χ2n) is 7.52. The maximum Gasteiger partial charge on any atom is 0.301 e. The lowest BCUT2D eigenvalue weighted by molar-refractivity contribution is -0.132. The highest BCUT2D eigenvalue weighted by atomic mass is 35.5. The Bertz CT molecular complexity index is 1430. The number of nitrogens with zero attached hydrogens (tertiary/aromatic N) is 3. The lowest BCUT2D eigenvalue weighted by Gasteiger charge is -2.23. The summed E-state index contributed by atoms with van der Waals surface area (Å²) in [5.74, 6) is -1.13. The lowest BCUT2D eigenvalue weighted by atomic mass is 9.96. The molecule has 0 spiro atoms. The number of thiazole rings is 1. The van der Waals surface area contributed by atoms with Gasteiger partial charge >= 0.3 is 5.91 Å². The minimum absolute atomic E-state index is 0.0206. The molecule has 1 saturated heterocycles. The zero-order valence-electron chi connectivity index (χ0n) is 17.9. The Hall–Kier alpha value is -3.75. The first-order valence-electron chi connectivity index (χ1n) is 10.5. The van der Waals surface area contributed by atoms with Gasteiger partial charge in [0.2, 0.25) is 0 Å². The third-order valence-electron chi connectivity index (χ3n) is 5.45. The Kier molecular flexibility index (Phi) is 5.77. The number of ketones is 1. The van der Waals surface area contributed by atoms with E-state index >= 15 is 0 Å². The van der Waals surface area contributed by atoms with E-state index in [1.54, 1.807) is 36.4 Å². The van der Waals surface area contributed by atoms with Crippen molar-refractivity contribution in [3.63, 3.8) is 0 Å². The zero-order valence-corrected chi connectivity index (χ0v) is 19.5. The van der Waals surface area contributed by atoms with Crippen molar-refractivity contribution in [2.24, 2.45) is 0 Å². The van der Waals surface area contributed by atoms with Crippen molar-refractivity contribution in [3.05, 3.63) is 88.7 Å². The highest BCUT2D eigenvalue weighted by Gasteiger charge is 2.48. The first-order chi connectivity index (χ1) is 16.5. The number of amides is 1. The van der Waals surface area contributed by atoms with Crippen molar-refractivity contribution in [1.82, 2.24) is 9.97 Å². The summed E-state index contributed by atoms with van der Waals surface area (Å²) in [6.07, 6.45) is 3.01. The molecule has 1 aliphatic heterocycles. The lowest BCUT2D eigenvalue weighted by Crippen LogP contribution is -2.29. The summed E-state index contributed by atoms with van der Waals surface area (Å²) < 4.78 is 6.38. The predicted octanol–water partition coefficient (Wildman–Crippen LogP) is 5.37. The highest BCUT2D eigenvalue weighted by Crippen LogP contribution is 2.44. The molecule has 1 atom stereocenters. The Morgan fingerprint density at radius 2 is 1.85 bits per heavy atom. The van der Waals surface area contributed by atoms with E-state index in [4.69, 9.17) is 16.3 Å². The number of aliphatic hydroxyl groups is 1. The maximum atomic E-state index is 13.3.